The van der Waals surface area contributed by atoms with E-state index in [9.17, 15) is 9.59 Å². The van der Waals surface area contributed by atoms with E-state index < -0.39 is 0 Å². The molecule has 0 saturated carbocycles. The van der Waals surface area contributed by atoms with Crippen LogP contribution < -0.4 is 14.8 Å². The van der Waals surface area contributed by atoms with E-state index in [1.165, 1.54) is 19.2 Å². The van der Waals surface area contributed by atoms with Gasteiger partial charge in [0.1, 0.15) is 0 Å². The predicted molar refractivity (Wildman–Crippen MR) is 91.1 cm³/mol. The van der Waals surface area contributed by atoms with Crippen LogP contribution in [-0.2, 0) is 0 Å². The molecule has 0 aromatic heterocycles. The fourth-order valence-electron chi connectivity index (χ4n) is 2.27. The van der Waals surface area contributed by atoms with Crippen molar-refractivity contribution in [2.45, 2.75) is 6.92 Å². The Kier molecular flexibility index (Phi) is 4.53. The molecular weight excluding hydrogens is 330 g/mol. The van der Waals surface area contributed by atoms with Gasteiger partial charge in [0.25, 0.3) is 0 Å². The minimum absolute atomic E-state index is 0.117. The predicted octanol–water partition coefficient (Wildman–Crippen LogP) is 4.08. The fourth-order valence-corrected chi connectivity index (χ4v) is 2.40. The smallest absolute Gasteiger partial charge is 0.231 e. The first-order valence-electron chi connectivity index (χ1n) is 7.22. The molecule has 0 saturated heterocycles. The molecule has 0 bridgehead atoms. The second kappa shape index (κ2) is 6.76. The Morgan fingerprint density at radius 1 is 1.12 bits per heavy atom. The van der Waals surface area contributed by atoms with Crippen molar-refractivity contribution in [2.75, 3.05) is 12.1 Å². The molecule has 0 fully saturated rings. The van der Waals surface area contributed by atoms with Crippen LogP contribution in [-0.4, -0.2) is 18.4 Å². The number of nitrogens with one attached hydrogen (secondary N) is 1. The Hall–Kier alpha value is -2.79. The number of hydrogen-bond acceptors (Lipinski definition) is 5. The molecule has 0 aliphatic carbocycles. The maximum Gasteiger partial charge on any atom is 0.231 e. The number of anilines is 1. The van der Waals surface area contributed by atoms with Gasteiger partial charge < -0.3 is 14.8 Å². The van der Waals surface area contributed by atoms with Crippen LogP contribution in [0.2, 0.25) is 5.02 Å². The second-order valence-corrected chi connectivity index (χ2v) is 5.59. The number of benzene rings is 2. The van der Waals surface area contributed by atoms with Crippen LogP contribution >= 0.6 is 11.6 Å². The second-order valence-electron chi connectivity index (χ2n) is 5.16. The summed E-state index contributed by atoms with van der Waals surface area (Å²) in [7, 11) is 0. The van der Waals surface area contributed by atoms with Crippen molar-refractivity contribution in [3.63, 3.8) is 0 Å². The molecular formula is C18H14ClNO4. The van der Waals surface area contributed by atoms with Gasteiger partial charge in [-0.15, -0.1) is 0 Å². The zero-order valence-corrected chi connectivity index (χ0v) is 13.6. The lowest BCUT2D eigenvalue weighted by Crippen LogP contribution is -2.01. The molecule has 0 unspecified atom stereocenters. The van der Waals surface area contributed by atoms with Gasteiger partial charge in [-0.1, -0.05) is 11.6 Å². The maximum atomic E-state index is 12.1. The summed E-state index contributed by atoms with van der Waals surface area (Å²) in [6.07, 6.45) is 2.87. The lowest BCUT2D eigenvalue weighted by atomic mass is 10.1. The van der Waals surface area contributed by atoms with Gasteiger partial charge in [0.05, 0.1) is 5.69 Å². The lowest BCUT2D eigenvalue weighted by molar-refractivity contribution is 0.101. The van der Waals surface area contributed by atoms with E-state index in [-0.39, 0.29) is 18.4 Å². The monoisotopic (exact) mass is 343 g/mol. The average Bonchev–Trinajstić information content (AvgIpc) is 3.01. The van der Waals surface area contributed by atoms with Crippen molar-refractivity contribution >= 4 is 28.9 Å². The van der Waals surface area contributed by atoms with E-state index in [4.69, 9.17) is 21.1 Å². The van der Waals surface area contributed by atoms with Crippen LogP contribution in [0.25, 0.3) is 0 Å². The number of rotatable bonds is 5. The van der Waals surface area contributed by atoms with Crippen LogP contribution in [0.3, 0.4) is 0 Å². The third-order valence-electron chi connectivity index (χ3n) is 3.49. The quantitative estimate of drug-likeness (QED) is 0.654. The minimum Gasteiger partial charge on any atom is -0.454 e. The van der Waals surface area contributed by atoms with Crippen molar-refractivity contribution in [1.29, 1.82) is 0 Å². The molecule has 122 valence electrons. The van der Waals surface area contributed by atoms with Crippen molar-refractivity contribution in [2.24, 2.45) is 0 Å². The molecule has 2 aromatic rings. The van der Waals surface area contributed by atoms with Gasteiger partial charge in [0, 0.05) is 34.5 Å². The van der Waals surface area contributed by atoms with Gasteiger partial charge in [-0.2, -0.15) is 0 Å². The summed E-state index contributed by atoms with van der Waals surface area (Å²) >= 11 is 5.80. The summed E-state index contributed by atoms with van der Waals surface area (Å²) in [6, 6.07) is 9.91. The van der Waals surface area contributed by atoms with Crippen molar-refractivity contribution < 1.29 is 19.1 Å². The van der Waals surface area contributed by atoms with E-state index in [0.717, 1.165) is 0 Å². The summed E-state index contributed by atoms with van der Waals surface area (Å²) in [5.74, 6) is 0.796. The van der Waals surface area contributed by atoms with E-state index in [0.29, 0.717) is 33.3 Å². The zero-order valence-electron chi connectivity index (χ0n) is 12.8. The molecule has 3 rings (SSSR count). The van der Waals surface area contributed by atoms with E-state index in [2.05, 4.69) is 5.32 Å². The first-order valence-corrected chi connectivity index (χ1v) is 7.60. The van der Waals surface area contributed by atoms with Gasteiger partial charge in [-0.25, -0.2) is 0 Å². The highest BCUT2D eigenvalue weighted by Crippen LogP contribution is 2.37. The Balaban J connectivity index is 1.77. The Labute approximate surface area is 143 Å². The molecule has 1 N–H and O–H groups in total. The Bertz CT molecular complexity index is 828. The number of allylic oxidation sites excluding steroid dienone is 1. The minimum atomic E-state index is -0.177. The first-order chi connectivity index (χ1) is 11.5. The number of ketones is 2. The highest BCUT2D eigenvalue weighted by atomic mass is 35.5. The number of fused-ring (bicyclic) bond motifs is 1. The molecule has 0 radical (unpaired) electrons. The van der Waals surface area contributed by atoms with E-state index in [1.54, 1.807) is 36.4 Å². The largest absolute Gasteiger partial charge is 0.454 e. The highest BCUT2D eigenvalue weighted by molar-refractivity contribution is 6.30. The van der Waals surface area contributed by atoms with Gasteiger partial charge in [-0.3, -0.25) is 9.59 Å². The SMILES string of the molecule is CC(=O)c1cc2c(cc1N/C=C\C(=O)c1ccc(Cl)cc1)OCO2. The molecule has 0 amide bonds. The van der Waals surface area contributed by atoms with Gasteiger partial charge in [-0.05, 0) is 37.3 Å². The molecule has 1 aliphatic heterocycles. The van der Waals surface area contributed by atoms with Gasteiger partial charge in [0.2, 0.25) is 6.79 Å². The third-order valence-corrected chi connectivity index (χ3v) is 3.75. The molecule has 5 nitrogen and oxygen atoms in total. The number of carbonyl (C=O) groups excluding carboxylic acids is 2. The number of hydrogen-bond donors (Lipinski definition) is 1. The van der Waals surface area contributed by atoms with Crippen LogP contribution in [0, 0.1) is 0 Å². The third kappa shape index (κ3) is 3.41. The van der Waals surface area contributed by atoms with Crippen LogP contribution in [0.5, 0.6) is 11.5 Å². The molecule has 0 spiro atoms. The Morgan fingerprint density at radius 2 is 1.79 bits per heavy atom. The molecule has 0 atom stereocenters. The molecule has 1 heterocycles. The summed E-state index contributed by atoms with van der Waals surface area (Å²) in [5, 5.41) is 3.52. The highest BCUT2D eigenvalue weighted by Gasteiger charge is 2.18. The van der Waals surface area contributed by atoms with Crippen molar-refractivity contribution in [3.05, 3.63) is 64.8 Å². The summed E-state index contributed by atoms with van der Waals surface area (Å²) in [6.45, 7) is 1.59. The lowest BCUT2D eigenvalue weighted by Gasteiger charge is -2.08. The van der Waals surface area contributed by atoms with E-state index >= 15 is 0 Å². The fraction of sp³-hybridized carbons (Fsp3) is 0.111. The standard InChI is InChI=1S/C18H14ClNO4/c1-11(21)14-8-17-18(24-10-23-17)9-15(14)20-7-6-16(22)12-2-4-13(19)5-3-12/h2-9,20H,10H2,1H3/b7-6-. The van der Waals surface area contributed by atoms with Crippen LogP contribution in [0.1, 0.15) is 27.6 Å². The van der Waals surface area contributed by atoms with Crippen molar-refractivity contribution in [3.8, 4) is 11.5 Å². The Morgan fingerprint density at radius 3 is 2.46 bits per heavy atom. The summed E-state index contributed by atoms with van der Waals surface area (Å²) in [4.78, 5) is 23.8. The summed E-state index contributed by atoms with van der Waals surface area (Å²) < 4.78 is 10.6. The normalized spacial score (nSPS) is 12.4. The topological polar surface area (TPSA) is 64.6 Å². The van der Waals surface area contributed by atoms with Crippen LogP contribution in [0.4, 0.5) is 5.69 Å². The number of ether oxygens (including phenoxy) is 2. The summed E-state index contributed by atoms with van der Waals surface area (Å²) in [5.41, 5.74) is 1.53. The average molecular weight is 344 g/mol. The van der Waals surface area contributed by atoms with Gasteiger partial charge in [0.15, 0.2) is 23.1 Å². The zero-order chi connectivity index (χ0) is 17.1. The van der Waals surface area contributed by atoms with Gasteiger partial charge >= 0.3 is 0 Å². The number of halogens is 1. The number of Topliss-reactive ketones (excluding diaryl/α,β-unsaturated/α-hetero) is 1. The van der Waals surface area contributed by atoms with Crippen LogP contribution in [0.15, 0.2) is 48.7 Å². The number of carbonyl (C=O) groups is 2. The maximum absolute atomic E-state index is 12.1. The molecule has 24 heavy (non-hydrogen) atoms. The van der Waals surface area contributed by atoms with E-state index in [1.807, 2.05) is 0 Å². The first kappa shape index (κ1) is 16.1. The molecule has 1 aliphatic rings. The molecule has 6 heteroatoms. The molecule has 2 aromatic carbocycles. The van der Waals surface area contributed by atoms with Crippen molar-refractivity contribution in [1.82, 2.24) is 0 Å².